The maximum atomic E-state index is 12.7. The van der Waals surface area contributed by atoms with Gasteiger partial charge in [-0.05, 0) is 37.5 Å². The average molecular weight is 401 g/mol. The molecule has 0 amide bonds. The molecule has 0 aliphatic rings. The number of carbonyl (C=O) groups excluding carboxylic acids is 1. The van der Waals surface area contributed by atoms with E-state index in [0.29, 0.717) is 18.5 Å². The number of esters is 1. The predicted molar refractivity (Wildman–Crippen MR) is 118 cm³/mol. The van der Waals surface area contributed by atoms with Crippen LogP contribution < -0.4 is 4.74 Å². The van der Waals surface area contributed by atoms with Crippen molar-refractivity contribution in [1.29, 1.82) is 0 Å². The Balaban J connectivity index is 2.05. The maximum Gasteiger partial charge on any atom is 0.319 e. The molecule has 0 N–H and O–H groups in total. The van der Waals surface area contributed by atoms with E-state index >= 15 is 0 Å². The van der Waals surface area contributed by atoms with Crippen molar-refractivity contribution in [2.75, 3.05) is 13.2 Å². The summed E-state index contributed by atoms with van der Waals surface area (Å²) in [7, 11) is 0. The van der Waals surface area contributed by atoms with Crippen molar-refractivity contribution in [2.45, 2.75) is 50.5 Å². The Morgan fingerprint density at radius 1 is 1.00 bits per heavy atom. The molecule has 0 aliphatic carbocycles. The van der Waals surface area contributed by atoms with Gasteiger partial charge in [0.05, 0.1) is 13.2 Å². The van der Waals surface area contributed by atoms with Gasteiger partial charge in [0.15, 0.2) is 0 Å². The molecule has 3 nitrogen and oxygen atoms in total. The quantitative estimate of drug-likeness (QED) is 0.423. The Labute approximate surface area is 173 Å². The first kappa shape index (κ1) is 22.4. The number of ether oxygens (including phenoxy) is 2. The van der Waals surface area contributed by atoms with Crippen LogP contribution in [-0.2, 0) is 16.0 Å². The van der Waals surface area contributed by atoms with E-state index in [1.54, 1.807) is 11.8 Å². The van der Waals surface area contributed by atoms with E-state index in [2.05, 4.69) is 38.1 Å². The van der Waals surface area contributed by atoms with Gasteiger partial charge in [0.1, 0.15) is 11.0 Å². The maximum absolute atomic E-state index is 12.7. The van der Waals surface area contributed by atoms with Crippen LogP contribution in [0.1, 0.15) is 39.2 Å². The lowest BCUT2D eigenvalue weighted by molar-refractivity contribution is -0.143. The van der Waals surface area contributed by atoms with Crippen molar-refractivity contribution >= 4 is 17.7 Å². The van der Waals surface area contributed by atoms with Crippen molar-refractivity contribution in [1.82, 2.24) is 0 Å². The van der Waals surface area contributed by atoms with E-state index in [1.165, 1.54) is 5.56 Å². The minimum atomic E-state index is -0.232. The van der Waals surface area contributed by atoms with Crippen molar-refractivity contribution in [3.63, 3.8) is 0 Å². The summed E-state index contributed by atoms with van der Waals surface area (Å²) in [6.07, 6.45) is 3.12. The third-order valence-corrected chi connectivity index (χ3v) is 6.29. The first-order valence-electron chi connectivity index (χ1n) is 10.2. The molecule has 0 saturated carbocycles. The second-order valence-electron chi connectivity index (χ2n) is 7.01. The minimum absolute atomic E-state index is 0.0550. The zero-order chi connectivity index (χ0) is 20.2. The van der Waals surface area contributed by atoms with Crippen molar-refractivity contribution in [3.8, 4) is 5.75 Å². The predicted octanol–water partition coefficient (Wildman–Crippen LogP) is 5.78. The number of thioether (sulfide) groups is 1. The Bertz CT molecular complexity index is 675. The lowest BCUT2D eigenvalue weighted by Crippen LogP contribution is -2.33. The van der Waals surface area contributed by atoms with Crippen LogP contribution in [0.2, 0.25) is 0 Å². The molecule has 4 heteroatoms. The van der Waals surface area contributed by atoms with Crippen LogP contribution in [0, 0.1) is 5.92 Å². The van der Waals surface area contributed by atoms with Gasteiger partial charge in [-0.1, -0.05) is 68.8 Å². The smallest absolute Gasteiger partial charge is 0.319 e. The number of carbonyl (C=O) groups is 1. The van der Waals surface area contributed by atoms with Crippen LogP contribution in [0.3, 0.4) is 0 Å². The summed E-state index contributed by atoms with van der Waals surface area (Å²) in [5.74, 6) is 0.751. The highest BCUT2D eigenvalue weighted by atomic mass is 32.2. The van der Waals surface area contributed by atoms with Crippen LogP contribution >= 0.6 is 11.8 Å². The van der Waals surface area contributed by atoms with E-state index < -0.39 is 0 Å². The van der Waals surface area contributed by atoms with E-state index in [1.807, 2.05) is 43.3 Å². The molecule has 2 rings (SSSR count). The molecule has 0 heterocycles. The second kappa shape index (κ2) is 12.5. The first-order valence-corrected chi connectivity index (χ1v) is 11.1. The Kier molecular flexibility index (Phi) is 9.98. The van der Waals surface area contributed by atoms with Crippen LogP contribution in [-0.4, -0.2) is 29.7 Å². The number of hydrogen-bond donors (Lipinski definition) is 0. The minimum Gasteiger partial charge on any atom is -0.493 e. The SMILES string of the molecule is CCCC(Cc1ccccc1)SC(C(=O)OCC)C(C)COc1ccccc1. The lowest BCUT2D eigenvalue weighted by atomic mass is 10.1. The van der Waals surface area contributed by atoms with Gasteiger partial charge in [0.25, 0.3) is 0 Å². The van der Waals surface area contributed by atoms with Gasteiger partial charge in [0, 0.05) is 11.2 Å². The van der Waals surface area contributed by atoms with Crippen LogP contribution in [0.15, 0.2) is 60.7 Å². The van der Waals surface area contributed by atoms with E-state index in [4.69, 9.17) is 9.47 Å². The van der Waals surface area contributed by atoms with Gasteiger partial charge in [-0.3, -0.25) is 4.79 Å². The van der Waals surface area contributed by atoms with Crippen LogP contribution in [0.4, 0.5) is 0 Å². The van der Waals surface area contributed by atoms with Gasteiger partial charge in [-0.2, -0.15) is 0 Å². The van der Waals surface area contributed by atoms with E-state index in [9.17, 15) is 4.79 Å². The average Bonchev–Trinajstić information content (AvgIpc) is 2.72. The van der Waals surface area contributed by atoms with Gasteiger partial charge in [-0.15, -0.1) is 11.8 Å². The largest absolute Gasteiger partial charge is 0.493 e. The molecular weight excluding hydrogens is 368 g/mol. The summed E-state index contributed by atoms with van der Waals surface area (Å²) >= 11 is 1.75. The number of benzene rings is 2. The normalized spacial score (nSPS) is 14.1. The second-order valence-corrected chi connectivity index (χ2v) is 8.46. The van der Waals surface area contributed by atoms with Crippen LogP contribution in [0.25, 0.3) is 0 Å². The fourth-order valence-corrected chi connectivity index (χ4v) is 4.70. The fourth-order valence-electron chi connectivity index (χ4n) is 3.10. The lowest BCUT2D eigenvalue weighted by Gasteiger charge is -2.26. The van der Waals surface area contributed by atoms with Gasteiger partial charge in [0.2, 0.25) is 0 Å². The summed E-state index contributed by atoms with van der Waals surface area (Å²) in [6, 6.07) is 20.2. The van der Waals surface area contributed by atoms with Gasteiger partial charge < -0.3 is 9.47 Å². The molecule has 0 aromatic heterocycles. The van der Waals surface area contributed by atoms with Crippen molar-refractivity contribution in [3.05, 3.63) is 66.2 Å². The Morgan fingerprint density at radius 2 is 1.64 bits per heavy atom. The summed E-state index contributed by atoms with van der Waals surface area (Å²) in [4.78, 5) is 12.7. The van der Waals surface area contributed by atoms with E-state index in [0.717, 1.165) is 25.0 Å². The monoisotopic (exact) mass is 400 g/mol. The molecule has 0 fully saturated rings. The molecule has 2 aromatic rings. The fraction of sp³-hybridized carbons (Fsp3) is 0.458. The molecule has 2 aromatic carbocycles. The number of hydrogen-bond acceptors (Lipinski definition) is 4. The van der Waals surface area contributed by atoms with E-state index in [-0.39, 0.29) is 17.1 Å². The molecule has 0 bridgehead atoms. The van der Waals surface area contributed by atoms with Gasteiger partial charge in [-0.25, -0.2) is 0 Å². The molecule has 28 heavy (non-hydrogen) atoms. The zero-order valence-corrected chi connectivity index (χ0v) is 18.0. The molecular formula is C24H32O3S. The zero-order valence-electron chi connectivity index (χ0n) is 17.2. The molecule has 0 saturated heterocycles. The highest BCUT2D eigenvalue weighted by molar-refractivity contribution is 8.01. The van der Waals surface area contributed by atoms with Crippen molar-refractivity contribution in [2.24, 2.45) is 5.92 Å². The third kappa shape index (κ3) is 7.59. The highest BCUT2D eigenvalue weighted by Crippen LogP contribution is 2.31. The standard InChI is InChI=1S/C24H32O3S/c1-4-12-22(17-20-13-8-6-9-14-20)28-23(24(25)26-5-2)19(3)18-27-21-15-10-7-11-16-21/h6-11,13-16,19,22-23H,4-5,12,17-18H2,1-3H3. The number of rotatable bonds is 12. The molecule has 0 aliphatic heterocycles. The Morgan fingerprint density at radius 3 is 2.25 bits per heavy atom. The number of para-hydroxylation sites is 1. The summed E-state index contributed by atoms with van der Waals surface area (Å²) < 4.78 is 11.3. The van der Waals surface area contributed by atoms with Gasteiger partial charge >= 0.3 is 5.97 Å². The highest BCUT2D eigenvalue weighted by Gasteiger charge is 2.30. The Hall–Kier alpha value is -1.94. The summed E-state index contributed by atoms with van der Waals surface area (Å²) in [5.41, 5.74) is 1.31. The summed E-state index contributed by atoms with van der Waals surface area (Å²) in [5, 5.41) is 0.143. The summed E-state index contributed by atoms with van der Waals surface area (Å²) in [6.45, 7) is 7.02. The third-order valence-electron chi connectivity index (χ3n) is 4.55. The molecule has 3 atom stereocenters. The van der Waals surface area contributed by atoms with Crippen LogP contribution in [0.5, 0.6) is 5.75 Å². The topological polar surface area (TPSA) is 35.5 Å². The molecule has 0 spiro atoms. The molecule has 0 radical (unpaired) electrons. The molecule has 3 unspecified atom stereocenters. The van der Waals surface area contributed by atoms with Crippen molar-refractivity contribution < 1.29 is 14.3 Å². The first-order chi connectivity index (χ1) is 13.6. The molecule has 152 valence electrons.